The van der Waals surface area contributed by atoms with E-state index in [2.05, 4.69) is 25.8 Å². The molecule has 0 radical (unpaired) electrons. The Hall–Kier alpha value is -4.42. The third-order valence-electron chi connectivity index (χ3n) is 6.68. The second kappa shape index (κ2) is 9.22. The zero-order valence-electron chi connectivity index (χ0n) is 20.9. The highest BCUT2D eigenvalue weighted by Crippen LogP contribution is 2.39. The van der Waals surface area contributed by atoms with Crippen LogP contribution in [0, 0.1) is 10.1 Å². The third-order valence-corrected chi connectivity index (χ3v) is 6.68. The lowest BCUT2D eigenvalue weighted by Crippen LogP contribution is -2.22. The monoisotopic (exact) mass is 490 g/mol. The first kappa shape index (κ1) is 24.3. The van der Waals surface area contributed by atoms with Crippen LogP contribution in [0.5, 0.6) is 0 Å². The summed E-state index contributed by atoms with van der Waals surface area (Å²) in [5.41, 5.74) is 6.86. The van der Waals surface area contributed by atoms with E-state index < -0.39 is 4.92 Å². The maximum atomic E-state index is 13.7. The smallest absolute Gasteiger partial charge is 0.270 e. The summed E-state index contributed by atoms with van der Waals surface area (Å²) < 4.78 is 0. The van der Waals surface area contributed by atoms with Gasteiger partial charge in [0.1, 0.15) is 5.71 Å². The van der Waals surface area contributed by atoms with Crippen LogP contribution in [0.25, 0.3) is 22.3 Å². The normalized spacial score (nSPS) is 13.8. The average Bonchev–Trinajstić information content (AvgIpc) is 2.90. The van der Waals surface area contributed by atoms with Gasteiger partial charge in [0.25, 0.3) is 5.69 Å². The number of ketones is 1. The number of aliphatic imine (C=N–C) groups is 1. The fourth-order valence-electron chi connectivity index (χ4n) is 4.55. The predicted octanol–water partition coefficient (Wildman–Crippen LogP) is 7.04. The van der Waals surface area contributed by atoms with Gasteiger partial charge in [-0.3, -0.25) is 14.9 Å². The molecule has 0 spiro atoms. The molecule has 0 saturated carbocycles. The van der Waals surface area contributed by atoms with Gasteiger partial charge >= 0.3 is 0 Å². The van der Waals surface area contributed by atoms with Crippen LogP contribution in [-0.2, 0) is 12.0 Å². The molecular formula is C31H26N2O4. The molecule has 0 bridgehead atoms. The Morgan fingerprint density at radius 3 is 2.05 bits per heavy atom. The Balaban J connectivity index is 1.65. The minimum atomic E-state index is -0.463. The summed E-state index contributed by atoms with van der Waals surface area (Å²) in [6, 6.07) is 25.4. The maximum Gasteiger partial charge on any atom is 0.270 e. The fourth-order valence-corrected chi connectivity index (χ4v) is 4.55. The number of Topliss-reactive ketones (excluding diaryl/α,β-unsaturated/α-hetero) is 1. The molecule has 0 heterocycles. The largest absolute Gasteiger partial charge is 0.392 e. The zero-order valence-corrected chi connectivity index (χ0v) is 20.9. The third kappa shape index (κ3) is 4.59. The van der Waals surface area contributed by atoms with Crippen LogP contribution in [0.1, 0.15) is 47.8 Å². The number of nitro groups is 1. The summed E-state index contributed by atoms with van der Waals surface area (Å²) in [5, 5.41) is 20.9. The molecule has 184 valence electrons. The SMILES string of the molecule is CC(C)(C)c1ccc(N=C2C(=O)c3ccc(-c4ccc(CO)cc4)cc3-c3ccc([N+](=O)[O-])cc32)cc1. The van der Waals surface area contributed by atoms with Crippen LogP contribution < -0.4 is 0 Å². The van der Waals surface area contributed by atoms with Crippen LogP contribution >= 0.6 is 0 Å². The van der Waals surface area contributed by atoms with E-state index in [4.69, 9.17) is 0 Å². The number of hydrogen-bond donors (Lipinski definition) is 1. The van der Waals surface area contributed by atoms with Crippen LogP contribution in [-0.4, -0.2) is 21.5 Å². The van der Waals surface area contributed by atoms with Crippen LogP contribution in [0.2, 0.25) is 0 Å². The summed E-state index contributed by atoms with van der Waals surface area (Å²) in [7, 11) is 0. The van der Waals surface area contributed by atoms with Gasteiger partial charge < -0.3 is 5.11 Å². The molecule has 1 aliphatic carbocycles. The van der Waals surface area contributed by atoms with Gasteiger partial charge in [0.2, 0.25) is 5.78 Å². The van der Waals surface area contributed by atoms with Gasteiger partial charge in [-0.25, -0.2) is 4.99 Å². The number of nitrogens with zero attached hydrogens (tertiary/aromatic N) is 2. The number of aliphatic hydroxyl groups excluding tert-OH is 1. The number of carbonyl (C=O) groups excluding carboxylic acids is 1. The minimum absolute atomic E-state index is 0.0192. The van der Waals surface area contributed by atoms with Crippen molar-refractivity contribution in [3.8, 4) is 22.3 Å². The van der Waals surface area contributed by atoms with E-state index in [1.54, 1.807) is 12.1 Å². The summed E-state index contributed by atoms with van der Waals surface area (Å²) in [6.45, 7) is 6.34. The number of carbonyl (C=O) groups is 1. The van der Waals surface area contributed by atoms with Crippen molar-refractivity contribution in [1.29, 1.82) is 0 Å². The number of rotatable bonds is 4. The van der Waals surface area contributed by atoms with E-state index in [0.29, 0.717) is 22.4 Å². The van der Waals surface area contributed by atoms with E-state index in [-0.39, 0.29) is 29.2 Å². The van der Waals surface area contributed by atoms with E-state index in [1.165, 1.54) is 12.1 Å². The first-order chi connectivity index (χ1) is 17.7. The highest BCUT2D eigenvalue weighted by atomic mass is 16.6. The first-order valence-electron chi connectivity index (χ1n) is 12.0. The van der Waals surface area contributed by atoms with E-state index in [9.17, 15) is 20.0 Å². The van der Waals surface area contributed by atoms with Gasteiger partial charge in [0, 0.05) is 23.3 Å². The van der Waals surface area contributed by atoms with Crippen molar-refractivity contribution in [2.24, 2.45) is 4.99 Å². The van der Waals surface area contributed by atoms with Crippen LogP contribution in [0.3, 0.4) is 0 Å². The molecule has 5 rings (SSSR count). The lowest BCUT2D eigenvalue weighted by Gasteiger charge is -2.22. The molecule has 6 nitrogen and oxygen atoms in total. The lowest BCUT2D eigenvalue weighted by molar-refractivity contribution is -0.384. The highest BCUT2D eigenvalue weighted by molar-refractivity contribution is 6.55. The Morgan fingerprint density at radius 2 is 1.43 bits per heavy atom. The molecule has 4 aromatic carbocycles. The highest BCUT2D eigenvalue weighted by Gasteiger charge is 2.31. The Bertz CT molecular complexity index is 1560. The number of benzene rings is 4. The Kier molecular flexibility index (Phi) is 6.05. The number of fused-ring (bicyclic) bond motifs is 3. The predicted molar refractivity (Wildman–Crippen MR) is 146 cm³/mol. The first-order valence-corrected chi connectivity index (χ1v) is 12.0. The Morgan fingerprint density at radius 1 is 0.784 bits per heavy atom. The van der Waals surface area contributed by atoms with Gasteiger partial charge in [-0.2, -0.15) is 0 Å². The summed E-state index contributed by atoms with van der Waals surface area (Å²) in [6.07, 6.45) is 0. The van der Waals surface area contributed by atoms with Gasteiger partial charge in [-0.05, 0) is 69.1 Å². The second-order valence-corrected chi connectivity index (χ2v) is 10.2. The molecule has 1 N–H and O–H groups in total. The standard InChI is InChI=1S/C31H26N2O4/c1-31(2,3)22-9-11-23(12-10-22)32-29-28-17-24(33(36)37)13-15-25(28)27-16-21(8-14-26(27)30(29)35)20-6-4-19(18-34)5-7-20/h4-17,34H,18H2,1-3H3. The van der Waals surface area contributed by atoms with Gasteiger partial charge in [0.05, 0.1) is 17.2 Å². The maximum absolute atomic E-state index is 13.7. The molecule has 0 aliphatic heterocycles. The van der Waals surface area contributed by atoms with Crippen molar-refractivity contribution in [1.82, 2.24) is 0 Å². The van der Waals surface area contributed by atoms with Crippen molar-refractivity contribution < 1.29 is 14.8 Å². The molecule has 4 aromatic rings. The topological polar surface area (TPSA) is 92.8 Å². The van der Waals surface area contributed by atoms with E-state index >= 15 is 0 Å². The molecule has 0 saturated heterocycles. The zero-order chi connectivity index (χ0) is 26.3. The van der Waals surface area contributed by atoms with Gasteiger partial charge in [-0.15, -0.1) is 0 Å². The quantitative estimate of drug-likeness (QED) is 0.245. The summed E-state index contributed by atoms with van der Waals surface area (Å²) in [4.78, 5) is 29.5. The van der Waals surface area contributed by atoms with Crippen molar-refractivity contribution in [2.75, 3.05) is 0 Å². The van der Waals surface area contributed by atoms with Crippen LogP contribution in [0.4, 0.5) is 11.4 Å². The lowest BCUT2D eigenvalue weighted by atomic mass is 9.81. The number of hydrogen-bond acceptors (Lipinski definition) is 5. The Labute approximate surface area is 215 Å². The molecule has 0 fully saturated rings. The fraction of sp³-hybridized carbons (Fsp3) is 0.161. The molecule has 6 heteroatoms. The minimum Gasteiger partial charge on any atom is -0.392 e. The average molecular weight is 491 g/mol. The van der Waals surface area contributed by atoms with E-state index in [0.717, 1.165) is 27.8 Å². The molecule has 0 atom stereocenters. The molecule has 37 heavy (non-hydrogen) atoms. The van der Waals surface area contributed by atoms with Crippen molar-refractivity contribution >= 4 is 22.9 Å². The van der Waals surface area contributed by atoms with Crippen molar-refractivity contribution in [3.05, 3.63) is 117 Å². The molecule has 0 aromatic heterocycles. The van der Waals surface area contributed by atoms with Gasteiger partial charge in [-0.1, -0.05) is 63.2 Å². The summed E-state index contributed by atoms with van der Waals surface area (Å²) >= 11 is 0. The van der Waals surface area contributed by atoms with Crippen molar-refractivity contribution in [2.45, 2.75) is 32.8 Å². The van der Waals surface area contributed by atoms with Gasteiger partial charge in [0.15, 0.2) is 0 Å². The number of aliphatic hydroxyl groups is 1. The number of non-ortho nitro benzene ring substituents is 1. The van der Waals surface area contributed by atoms with E-state index in [1.807, 2.05) is 60.7 Å². The molecular weight excluding hydrogens is 464 g/mol. The number of nitro benzene ring substituents is 1. The molecule has 0 amide bonds. The molecule has 1 aliphatic rings. The second-order valence-electron chi connectivity index (χ2n) is 10.2. The van der Waals surface area contributed by atoms with Crippen molar-refractivity contribution in [3.63, 3.8) is 0 Å². The molecule has 0 unspecified atom stereocenters. The summed E-state index contributed by atoms with van der Waals surface area (Å²) in [5.74, 6) is -0.273. The van der Waals surface area contributed by atoms with Crippen LogP contribution in [0.15, 0.2) is 89.9 Å².